The SMILES string of the molecule is O=C(C1CC1)N1CCC(n2cc(-c3ccc(CCO)cc3)cn2)CC1. The molecule has 132 valence electrons. The molecule has 1 aliphatic heterocycles. The molecule has 1 aromatic carbocycles. The molecule has 1 saturated heterocycles. The smallest absolute Gasteiger partial charge is 0.225 e. The van der Waals surface area contributed by atoms with Crippen molar-refractivity contribution in [1.82, 2.24) is 14.7 Å². The van der Waals surface area contributed by atoms with Crippen molar-refractivity contribution < 1.29 is 9.90 Å². The topological polar surface area (TPSA) is 58.4 Å². The zero-order valence-corrected chi connectivity index (χ0v) is 14.5. The van der Waals surface area contributed by atoms with Crippen LogP contribution in [-0.2, 0) is 11.2 Å². The average Bonchev–Trinajstić information content (AvgIpc) is 3.39. The molecular weight excluding hydrogens is 314 g/mol. The summed E-state index contributed by atoms with van der Waals surface area (Å²) in [7, 11) is 0. The Balaban J connectivity index is 1.39. The van der Waals surface area contributed by atoms with Crippen LogP contribution in [0.25, 0.3) is 11.1 Å². The molecule has 0 atom stereocenters. The molecule has 0 radical (unpaired) electrons. The van der Waals surface area contributed by atoms with Crippen LogP contribution in [0.4, 0.5) is 0 Å². The lowest BCUT2D eigenvalue weighted by Crippen LogP contribution is -2.39. The summed E-state index contributed by atoms with van der Waals surface area (Å²) in [4.78, 5) is 14.2. The van der Waals surface area contributed by atoms with Gasteiger partial charge < -0.3 is 10.0 Å². The van der Waals surface area contributed by atoms with Gasteiger partial charge in [-0.25, -0.2) is 0 Å². The van der Waals surface area contributed by atoms with E-state index in [4.69, 9.17) is 5.11 Å². The molecule has 2 fully saturated rings. The summed E-state index contributed by atoms with van der Waals surface area (Å²) >= 11 is 0. The largest absolute Gasteiger partial charge is 0.396 e. The quantitative estimate of drug-likeness (QED) is 0.911. The second-order valence-electron chi connectivity index (χ2n) is 7.21. The van der Waals surface area contributed by atoms with E-state index in [1.165, 1.54) is 0 Å². The minimum atomic E-state index is 0.180. The molecule has 1 aromatic heterocycles. The Hall–Kier alpha value is -2.14. The Morgan fingerprint density at radius 3 is 2.44 bits per heavy atom. The van der Waals surface area contributed by atoms with E-state index < -0.39 is 0 Å². The Labute approximate surface area is 148 Å². The first kappa shape index (κ1) is 16.3. The fourth-order valence-corrected chi connectivity index (χ4v) is 3.62. The Bertz CT molecular complexity index is 726. The summed E-state index contributed by atoms with van der Waals surface area (Å²) in [6.07, 6.45) is 8.85. The van der Waals surface area contributed by atoms with Gasteiger partial charge in [0.15, 0.2) is 0 Å². The average molecular weight is 339 g/mol. The predicted octanol–water partition coefficient (Wildman–Crippen LogP) is 2.66. The molecule has 1 saturated carbocycles. The number of piperidine rings is 1. The molecule has 1 aliphatic carbocycles. The minimum Gasteiger partial charge on any atom is -0.396 e. The number of rotatable bonds is 5. The number of carbonyl (C=O) groups is 1. The standard InChI is InChI=1S/C20H25N3O2/c24-12-9-15-1-3-16(4-2-15)18-13-21-23(14-18)19-7-10-22(11-8-19)20(25)17-5-6-17/h1-4,13-14,17,19,24H,5-12H2. The highest BCUT2D eigenvalue weighted by atomic mass is 16.3. The van der Waals surface area contributed by atoms with Crippen molar-refractivity contribution in [3.63, 3.8) is 0 Å². The van der Waals surface area contributed by atoms with Crippen LogP contribution in [0.3, 0.4) is 0 Å². The van der Waals surface area contributed by atoms with E-state index in [0.29, 0.717) is 24.3 Å². The third-order valence-corrected chi connectivity index (χ3v) is 5.37. The summed E-state index contributed by atoms with van der Waals surface area (Å²) in [5.74, 6) is 0.684. The van der Waals surface area contributed by atoms with Crippen molar-refractivity contribution in [2.24, 2.45) is 5.92 Å². The number of aliphatic hydroxyl groups excluding tert-OH is 1. The molecule has 2 aromatic rings. The van der Waals surface area contributed by atoms with E-state index in [0.717, 1.165) is 55.5 Å². The van der Waals surface area contributed by atoms with E-state index in [-0.39, 0.29) is 6.61 Å². The molecule has 1 amide bonds. The number of likely N-dealkylation sites (tertiary alicyclic amines) is 1. The van der Waals surface area contributed by atoms with Gasteiger partial charge in [-0.3, -0.25) is 9.48 Å². The highest BCUT2D eigenvalue weighted by Gasteiger charge is 2.35. The van der Waals surface area contributed by atoms with Gasteiger partial charge in [0, 0.05) is 37.4 Å². The highest BCUT2D eigenvalue weighted by molar-refractivity contribution is 5.81. The zero-order valence-electron chi connectivity index (χ0n) is 14.5. The first-order valence-corrected chi connectivity index (χ1v) is 9.27. The first-order chi connectivity index (χ1) is 12.2. The number of carbonyl (C=O) groups excluding carboxylic acids is 1. The zero-order chi connectivity index (χ0) is 17.2. The van der Waals surface area contributed by atoms with E-state index in [2.05, 4.69) is 40.2 Å². The summed E-state index contributed by atoms with van der Waals surface area (Å²) < 4.78 is 2.07. The Morgan fingerprint density at radius 2 is 1.80 bits per heavy atom. The summed E-state index contributed by atoms with van der Waals surface area (Å²) in [5.41, 5.74) is 3.41. The van der Waals surface area contributed by atoms with Gasteiger partial charge in [-0.2, -0.15) is 5.10 Å². The van der Waals surface area contributed by atoms with Crippen molar-refractivity contribution in [2.45, 2.75) is 38.1 Å². The van der Waals surface area contributed by atoms with Crippen LogP contribution < -0.4 is 0 Å². The van der Waals surface area contributed by atoms with Crippen LogP contribution in [0.2, 0.25) is 0 Å². The molecule has 5 heteroatoms. The molecule has 4 rings (SSSR count). The van der Waals surface area contributed by atoms with Crippen LogP contribution in [0.15, 0.2) is 36.7 Å². The molecule has 5 nitrogen and oxygen atoms in total. The van der Waals surface area contributed by atoms with Crippen LogP contribution in [0.5, 0.6) is 0 Å². The lowest BCUT2D eigenvalue weighted by molar-refractivity contribution is -0.133. The third kappa shape index (κ3) is 3.61. The van der Waals surface area contributed by atoms with Crippen molar-refractivity contribution >= 4 is 5.91 Å². The monoisotopic (exact) mass is 339 g/mol. The Morgan fingerprint density at radius 1 is 1.08 bits per heavy atom. The van der Waals surface area contributed by atoms with Crippen LogP contribution in [0, 0.1) is 5.92 Å². The van der Waals surface area contributed by atoms with Gasteiger partial charge in [0.25, 0.3) is 0 Å². The van der Waals surface area contributed by atoms with Crippen molar-refractivity contribution in [3.8, 4) is 11.1 Å². The molecule has 0 unspecified atom stereocenters. The van der Waals surface area contributed by atoms with Gasteiger partial charge in [0.1, 0.15) is 0 Å². The van der Waals surface area contributed by atoms with Crippen molar-refractivity contribution in [2.75, 3.05) is 19.7 Å². The lowest BCUT2D eigenvalue weighted by Gasteiger charge is -2.32. The summed E-state index contributed by atoms with van der Waals surface area (Å²) in [6, 6.07) is 8.67. The number of hydrogen-bond donors (Lipinski definition) is 1. The number of nitrogens with zero attached hydrogens (tertiary/aromatic N) is 3. The maximum Gasteiger partial charge on any atom is 0.225 e. The first-order valence-electron chi connectivity index (χ1n) is 9.27. The number of amides is 1. The number of aliphatic hydroxyl groups is 1. The molecule has 0 bridgehead atoms. The molecule has 2 heterocycles. The molecule has 0 spiro atoms. The Kier molecular flexibility index (Phi) is 4.57. The van der Waals surface area contributed by atoms with E-state index in [1.54, 1.807) is 0 Å². The van der Waals surface area contributed by atoms with E-state index in [1.807, 2.05) is 11.1 Å². The fraction of sp³-hybridized carbons (Fsp3) is 0.500. The van der Waals surface area contributed by atoms with Crippen LogP contribution >= 0.6 is 0 Å². The van der Waals surface area contributed by atoms with E-state index >= 15 is 0 Å². The van der Waals surface area contributed by atoms with Gasteiger partial charge in [-0.15, -0.1) is 0 Å². The highest BCUT2D eigenvalue weighted by Crippen LogP contribution is 2.33. The second-order valence-corrected chi connectivity index (χ2v) is 7.21. The third-order valence-electron chi connectivity index (χ3n) is 5.37. The number of benzene rings is 1. The predicted molar refractivity (Wildman–Crippen MR) is 96.0 cm³/mol. The molecule has 1 N–H and O–H groups in total. The van der Waals surface area contributed by atoms with Gasteiger partial charge in [0.2, 0.25) is 5.91 Å². The minimum absolute atomic E-state index is 0.180. The van der Waals surface area contributed by atoms with Gasteiger partial charge in [0.05, 0.1) is 12.2 Å². The van der Waals surface area contributed by atoms with Crippen molar-refractivity contribution in [1.29, 1.82) is 0 Å². The number of aromatic nitrogens is 2. The normalized spacial score (nSPS) is 18.5. The van der Waals surface area contributed by atoms with Crippen LogP contribution in [-0.4, -0.2) is 45.4 Å². The van der Waals surface area contributed by atoms with Gasteiger partial charge >= 0.3 is 0 Å². The molecule has 2 aliphatic rings. The summed E-state index contributed by atoms with van der Waals surface area (Å²) in [5, 5.41) is 13.6. The second kappa shape index (κ2) is 7.00. The lowest BCUT2D eigenvalue weighted by atomic mass is 10.0. The van der Waals surface area contributed by atoms with E-state index in [9.17, 15) is 4.79 Å². The number of hydrogen-bond acceptors (Lipinski definition) is 3. The maximum atomic E-state index is 12.2. The fourth-order valence-electron chi connectivity index (χ4n) is 3.62. The van der Waals surface area contributed by atoms with Gasteiger partial charge in [-0.1, -0.05) is 24.3 Å². The summed E-state index contributed by atoms with van der Waals surface area (Å²) in [6.45, 7) is 1.88. The maximum absolute atomic E-state index is 12.2. The van der Waals surface area contributed by atoms with Crippen molar-refractivity contribution in [3.05, 3.63) is 42.2 Å². The van der Waals surface area contributed by atoms with Gasteiger partial charge in [-0.05, 0) is 43.2 Å². The van der Waals surface area contributed by atoms with Crippen LogP contribution in [0.1, 0.15) is 37.3 Å². The molecular formula is C20H25N3O2. The molecule has 25 heavy (non-hydrogen) atoms.